The number of sulfonamides is 1. The summed E-state index contributed by atoms with van der Waals surface area (Å²) in [5.41, 5.74) is 0.220. The number of amides is 1. The minimum absolute atomic E-state index is 0.160. The second-order valence-corrected chi connectivity index (χ2v) is 9.46. The molecule has 1 heterocycles. The first-order valence-electron chi connectivity index (χ1n) is 9.99. The molecule has 0 aromatic heterocycles. The third-order valence-electron chi connectivity index (χ3n) is 5.40. The van der Waals surface area contributed by atoms with Crippen molar-refractivity contribution in [1.82, 2.24) is 9.62 Å². The van der Waals surface area contributed by atoms with Gasteiger partial charge in [0.2, 0.25) is 10.0 Å². The Labute approximate surface area is 166 Å². The van der Waals surface area contributed by atoms with Crippen molar-refractivity contribution in [2.75, 3.05) is 13.1 Å². The molecule has 1 aliphatic carbocycles. The zero-order valence-corrected chi connectivity index (χ0v) is 17.0. The summed E-state index contributed by atoms with van der Waals surface area (Å²) < 4.78 is 32.0. The number of hydrogen-bond donors (Lipinski definition) is 1. The fourth-order valence-corrected chi connectivity index (χ4v) is 5.21. The van der Waals surface area contributed by atoms with Crippen molar-refractivity contribution >= 4 is 21.9 Å². The summed E-state index contributed by atoms with van der Waals surface area (Å²) in [5, 5.41) is 2.90. The summed E-state index contributed by atoms with van der Waals surface area (Å²) in [7, 11) is -3.54. The molecule has 1 aromatic carbocycles. The molecular formula is C20H28N2O5S. The van der Waals surface area contributed by atoms with Gasteiger partial charge in [0.05, 0.1) is 10.5 Å². The molecule has 8 heteroatoms. The van der Waals surface area contributed by atoms with Gasteiger partial charge < -0.3 is 10.1 Å². The van der Waals surface area contributed by atoms with E-state index in [0.29, 0.717) is 13.1 Å². The van der Waals surface area contributed by atoms with E-state index in [0.717, 1.165) is 44.9 Å². The van der Waals surface area contributed by atoms with E-state index < -0.39 is 22.1 Å². The normalized spacial score (nSPS) is 19.9. The Morgan fingerprint density at radius 1 is 1.04 bits per heavy atom. The molecule has 1 N–H and O–H groups in total. The van der Waals surface area contributed by atoms with Gasteiger partial charge in [-0.3, -0.25) is 4.79 Å². The van der Waals surface area contributed by atoms with Crippen LogP contribution < -0.4 is 5.32 Å². The van der Waals surface area contributed by atoms with Crippen LogP contribution in [0.4, 0.5) is 0 Å². The van der Waals surface area contributed by atoms with Crippen LogP contribution in [0.25, 0.3) is 0 Å². The third kappa shape index (κ3) is 4.91. The highest BCUT2D eigenvalue weighted by Gasteiger charge is 2.27. The van der Waals surface area contributed by atoms with Gasteiger partial charge >= 0.3 is 5.97 Å². The van der Waals surface area contributed by atoms with Crippen LogP contribution in [0.2, 0.25) is 0 Å². The molecule has 1 atom stereocenters. The monoisotopic (exact) mass is 408 g/mol. The number of benzene rings is 1. The molecule has 2 aliphatic rings. The molecule has 2 fully saturated rings. The predicted octanol–water partition coefficient (Wildman–Crippen LogP) is 2.47. The first-order valence-corrected chi connectivity index (χ1v) is 11.4. The van der Waals surface area contributed by atoms with E-state index in [1.807, 2.05) is 0 Å². The van der Waals surface area contributed by atoms with Crippen LogP contribution >= 0.6 is 0 Å². The Kier molecular flexibility index (Phi) is 6.72. The minimum Gasteiger partial charge on any atom is -0.449 e. The van der Waals surface area contributed by atoms with Gasteiger partial charge in [-0.1, -0.05) is 19.3 Å². The van der Waals surface area contributed by atoms with Gasteiger partial charge in [0.25, 0.3) is 5.91 Å². The molecule has 7 nitrogen and oxygen atoms in total. The number of rotatable bonds is 6. The maximum atomic E-state index is 12.7. The van der Waals surface area contributed by atoms with Crippen molar-refractivity contribution in [3.8, 4) is 0 Å². The number of esters is 1. The number of carbonyl (C=O) groups excluding carboxylic acids is 2. The number of hydrogen-bond acceptors (Lipinski definition) is 5. The van der Waals surface area contributed by atoms with E-state index in [1.165, 1.54) is 35.5 Å². The Morgan fingerprint density at radius 2 is 1.64 bits per heavy atom. The summed E-state index contributed by atoms with van der Waals surface area (Å²) in [6, 6.07) is 5.86. The first kappa shape index (κ1) is 20.8. The Bertz CT molecular complexity index is 794. The molecule has 1 amide bonds. The quantitative estimate of drug-likeness (QED) is 0.730. The van der Waals surface area contributed by atoms with Gasteiger partial charge in [0, 0.05) is 19.1 Å². The summed E-state index contributed by atoms with van der Waals surface area (Å²) in [6.45, 7) is 2.59. The molecule has 3 rings (SSSR count). The highest BCUT2D eigenvalue weighted by molar-refractivity contribution is 7.89. The van der Waals surface area contributed by atoms with Crippen LogP contribution in [0, 0.1) is 0 Å². The number of nitrogens with zero attached hydrogens (tertiary/aromatic N) is 1. The summed E-state index contributed by atoms with van der Waals surface area (Å²) in [6.07, 6.45) is 6.00. The van der Waals surface area contributed by atoms with Crippen LogP contribution in [0.1, 0.15) is 62.2 Å². The van der Waals surface area contributed by atoms with E-state index in [-0.39, 0.29) is 22.4 Å². The highest BCUT2D eigenvalue weighted by atomic mass is 32.2. The number of nitrogens with one attached hydrogen (secondary N) is 1. The number of carbonyl (C=O) groups is 2. The smallest absolute Gasteiger partial charge is 0.338 e. The molecule has 0 bridgehead atoms. The molecule has 0 unspecified atom stereocenters. The van der Waals surface area contributed by atoms with Crippen molar-refractivity contribution in [3.63, 3.8) is 0 Å². The van der Waals surface area contributed by atoms with Crippen molar-refractivity contribution in [3.05, 3.63) is 29.8 Å². The summed E-state index contributed by atoms with van der Waals surface area (Å²) in [5.74, 6) is -0.944. The maximum Gasteiger partial charge on any atom is 0.338 e. The molecule has 0 spiro atoms. The number of piperidine rings is 1. The fraction of sp³-hybridized carbons (Fsp3) is 0.600. The zero-order chi connectivity index (χ0) is 20.1. The van der Waals surface area contributed by atoms with Gasteiger partial charge in [0.1, 0.15) is 0 Å². The molecular weight excluding hydrogens is 380 g/mol. The lowest BCUT2D eigenvalue weighted by Crippen LogP contribution is -2.40. The predicted molar refractivity (Wildman–Crippen MR) is 104 cm³/mol. The SMILES string of the molecule is C[C@@H](OC(=O)c1ccc(S(=O)(=O)N2CCCCC2)cc1)C(=O)NC1CCCC1. The second-order valence-electron chi connectivity index (χ2n) is 7.53. The molecule has 1 aromatic rings. The third-order valence-corrected chi connectivity index (χ3v) is 7.31. The van der Waals surface area contributed by atoms with Gasteiger partial charge in [-0.25, -0.2) is 13.2 Å². The summed E-state index contributed by atoms with van der Waals surface area (Å²) in [4.78, 5) is 24.6. The van der Waals surface area contributed by atoms with Crippen molar-refractivity contribution in [1.29, 1.82) is 0 Å². The van der Waals surface area contributed by atoms with Gasteiger partial charge in [-0.05, 0) is 56.9 Å². The van der Waals surface area contributed by atoms with Gasteiger partial charge in [-0.2, -0.15) is 4.31 Å². The Hall–Kier alpha value is -1.93. The van der Waals surface area contributed by atoms with Crippen LogP contribution in [0.3, 0.4) is 0 Å². The lowest BCUT2D eigenvalue weighted by molar-refractivity contribution is -0.129. The van der Waals surface area contributed by atoms with Crippen LogP contribution in [-0.2, 0) is 19.6 Å². The van der Waals surface area contributed by atoms with Crippen molar-refractivity contribution in [2.45, 2.75) is 68.9 Å². The molecule has 154 valence electrons. The Morgan fingerprint density at radius 3 is 2.25 bits per heavy atom. The van der Waals surface area contributed by atoms with Gasteiger partial charge in [0.15, 0.2) is 6.10 Å². The van der Waals surface area contributed by atoms with E-state index >= 15 is 0 Å². The second kappa shape index (κ2) is 9.05. The van der Waals surface area contributed by atoms with Gasteiger partial charge in [-0.15, -0.1) is 0 Å². The lowest BCUT2D eigenvalue weighted by atomic mass is 10.2. The molecule has 1 aliphatic heterocycles. The van der Waals surface area contributed by atoms with Crippen LogP contribution in [0.15, 0.2) is 29.2 Å². The largest absolute Gasteiger partial charge is 0.449 e. The van der Waals surface area contributed by atoms with Crippen molar-refractivity contribution < 1.29 is 22.7 Å². The molecule has 28 heavy (non-hydrogen) atoms. The van der Waals surface area contributed by atoms with Crippen molar-refractivity contribution in [2.24, 2.45) is 0 Å². The van der Waals surface area contributed by atoms with E-state index in [2.05, 4.69) is 5.32 Å². The van der Waals surface area contributed by atoms with E-state index in [4.69, 9.17) is 4.74 Å². The molecule has 1 saturated heterocycles. The van der Waals surface area contributed by atoms with Crippen LogP contribution in [0.5, 0.6) is 0 Å². The average Bonchev–Trinajstić information content (AvgIpc) is 3.21. The maximum absolute atomic E-state index is 12.7. The zero-order valence-electron chi connectivity index (χ0n) is 16.2. The molecule has 1 saturated carbocycles. The van der Waals surface area contributed by atoms with E-state index in [9.17, 15) is 18.0 Å². The number of ether oxygens (including phenoxy) is 1. The topological polar surface area (TPSA) is 92.8 Å². The van der Waals surface area contributed by atoms with Crippen LogP contribution in [-0.4, -0.2) is 49.8 Å². The summed E-state index contributed by atoms with van der Waals surface area (Å²) >= 11 is 0. The molecule has 0 radical (unpaired) electrons. The average molecular weight is 409 g/mol. The lowest BCUT2D eigenvalue weighted by Gasteiger charge is -2.25. The minimum atomic E-state index is -3.54. The standard InChI is InChI=1S/C20H28N2O5S/c1-15(19(23)21-17-7-3-4-8-17)27-20(24)16-9-11-18(12-10-16)28(25,26)22-13-5-2-6-14-22/h9-12,15,17H,2-8,13-14H2,1H3,(H,21,23)/t15-/m1/s1. The van der Waals surface area contributed by atoms with E-state index in [1.54, 1.807) is 0 Å². The highest BCUT2D eigenvalue weighted by Crippen LogP contribution is 2.21. The first-order chi connectivity index (χ1) is 13.4. The fourth-order valence-electron chi connectivity index (χ4n) is 3.69. The Balaban J connectivity index is 1.59.